The Morgan fingerprint density at radius 1 is 1.19 bits per heavy atom. The smallest absolute Gasteiger partial charge is 0.338 e. The third kappa shape index (κ3) is 4.50. The van der Waals surface area contributed by atoms with Gasteiger partial charge >= 0.3 is 12.0 Å². The zero-order chi connectivity index (χ0) is 22.0. The maximum absolute atomic E-state index is 12.9. The minimum Gasteiger partial charge on any atom is -0.463 e. The van der Waals surface area contributed by atoms with Gasteiger partial charge in [-0.1, -0.05) is 29.3 Å². The number of carbonyl (C=O) groups excluding carboxylic acids is 2. The molecule has 0 radical (unpaired) electrons. The topological polar surface area (TPSA) is 97.9 Å². The molecule has 8 nitrogen and oxygen atoms in total. The van der Waals surface area contributed by atoms with Crippen molar-refractivity contribution in [1.82, 2.24) is 10.6 Å². The first-order valence-corrected chi connectivity index (χ1v) is 10.3. The molecule has 3 N–H and O–H groups in total. The number of nitrogens with one attached hydrogen (secondary N) is 3. The second-order valence-corrected chi connectivity index (χ2v) is 7.58. The predicted octanol–water partition coefficient (Wildman–Crippen LogP) is 4.01. The molecule has 0 unspecified atom stereocenters. The Kier molecular flexibility index (Phi) is 6.11. The van der Waals surface area contributed by atoms with E-state index in [9.17, 15) is 9.59 Å². The third-order valence-electron chi connectivity index (χ3n) is 4.77. The molecule has 2 aliphatic heterocycles. The Bertz CT molecular complexity index is 1070. The summed E-state index contributed by atoms with van der Waals surface area (Å²) in [5.74, 6) is 0.600. The van der Waals surface area contributed by atoms with Crippen molar-refractivity contribution >= 4 is 40.9 Å². The lowest BCUT2D eigenvalue weighted by atomic mass is 9.94. The number of hydrogen-bond donors (Lipinski definition) is 3. The average Bonchev–Trinajstić information content (AvgIpc) is 3.20. The summed E-state index contributed by atoms with van der Waals surface area (Å²) >= 11 is 12.2. The van der Waals surface area contributed by atoms with E-state index in [1.54, 1.807) is 43.3 Å². The van der Waals surface area contributed by atoms with Gasteiger partial charge in [-0.15, -0.1) is 0 Å². The molecule has 0 fully saturated rings. The van der Waals surface area contributed by atoms with Crippen LogP contribution in [-0.4, -0.2) is 31.9 Å². The van der Waals surface area contributed by atoms with Crippen LogP contribution in [0.15, 0.2) is 47.7 Å². The summed E-state index contributed by atoms with van der Waals surface area (Å²) in [5.41, 5.74) is 1.91. The number of fused-ring (bicyclic) bond motifs is 1. The zero-order valence-corrected chi connectivity index (χ0v) is 18.0. The van der Waals surface area contributed by atoms with Crippen LogP contribution in [0.5, 0.6) is 11.5 Å². The SMILES string of the molecule is CCOC(=O)C1=C(CNc2ccc(Cl)cc2Cl)NC(=O)N[C@H]1c1ccc2c(c1)OCO2. The Morgan fingerprint density at radius 3 is 2.77 bits per heavy atom. The van der Waals surface area contributed by atoms with Crippen LogP contribution in [0.3, 0.4) is 0 Å². The maximum Gasteiger partial charge on any atom is 0.338 e. The third-order valence-corrected chi connectivity index (χ3v) is 5.31. The molecule has 31 heavy (non-hydrogen) atoms. The van der Waals surface area contributed by atoms with E-state index >= 15 is 0 Å². The molecule has 2 aliphatic rings. The summed E-state index contributed by atoms with van der Waals surface area (Å²) in [7, 11) is 0. The van der Waals surface area contributed by atoms with Crippen molar-refractivity contribution in [2.75, 3.05) is 25.3 Å². The Balaban J connectivity index is 1.69. The normalized spacial score (nSPS) is 17.1. The van der Waals surface area contributed by atoms with Gasteiger partial charge in [-0.05, 0) is 42.8 Å². The number of hydrogen-bond acceptors (Lipinski definition) is 6. The minimum absolute atomic E-state index is 0.120. The molecule has 0 spiro atoms. The molecule has 162 valence electrons. The van der Waals surface area contributed by atoms with Gasteiger partial charge in [-0.25, -0.2) is 9.59 Å². The van der Waals surface area contributed by atoms with Crippen molar-refractivity contribution in [2.45, 2.75) is 13.0 Å². The van der Waals surface area contributed by atoms with Gasteiger partial charge in [0.15, 0.2) is 11.5 Å². The standard InChI is InChI=1S/C21H19Cl2N3O5/c1-2-29-20(27)18-15(9-24-14-5-4-12(22)8-13(14)23)25-21(28)26-19(18)11-3-6-16-17(7-11)31-10-30-16/h3-8,19,24H,2,9-10H2,1H3,(H2,25,26,28)/t19-/m0/s1. The minimum atomic E-state index is -0.736. The van der Waals surface area contributed by atoms with Crippen molar-refractivity contribution in [1.29, 1.82) is 0 Å². The monoisotopic (exact) mass is 463 g/mol. The van der Waals surface area contributed by atoms with Gasteiger partial charge in [-0.2, -0.15) is 0 Å². The van der Waals surface area contributed by atoms with Gasteiger partial charge < -0.3 is 30.2 Å². The van der Waals surface area contributed by atoms with Crippen LogP contribution < -0.4 is 25.4 Å². The Labute approximate surface area is 188 Å². The molecule has 0 bridgehead atoms. The number of ether oxygens (including phenoxy) is 3. The average molecular weight is 464 g/mol. The molecule has 10 heteroatoms. The molecule has 0 aromatic heterocycles. The van der Waals surface area contributed by atoms with E-state index in [2.05, 4.69) is 16.0 Å². The van der Waals surface area contributed by atoms with Crippen molar-refractivity contribution in [3.05, 3.63) is 63.3 Å². The zero-order valence-electron chi connectivity index (χ0n) is 16.5. The Morgan fingerprint density at radius 2 is 2.00 bits per heavy atom. The maximum atomic E-state index is 12.9. The number of urea groups is 1. The number of halogens is 2. The van der Waals surface area contributed by atoms with E-state index in [1.807, 2.05) is 0 Å². The van der Waals surface area contributed by atoms with Crippen LogP contribution in [0.25, 0.3) is 0 Å². The highest BCUT2D eigenvalue weighted by Gasteiger charge is 2.34. The van der Waals surface area contributed by atoms with E-state index in [0.29, 0.717) is 38.5 Å². The first-order chi connectivity index (χ1) is 15.0. The van der Waals surface area contributed by atoms with Gasteiger partial charge in [0, 0.05) is 5.02 Å². The number of esters is 1. The van der Waals surface area contributed by atoms with Gasteiger partial charge in [0.25, 0.3) is 0 Å². The number of carbonyl (C=O) groups is 2. The summed E-state index contributed by atoms with van der Waals surface area (Å²) in [6.07, 6.45) is 0. The highest BCUT2D eigenvalue weighted by Crippen LogP contribution is 2.37. The molecule has 0 aliphatic carbocycles. The quantitative estimate of drug-likeness (QED) is 0.559. The highest BCUT2D eigenvalue weighted by molar-refractivity contribution is 6.36. The second-order valence-electron chi connectivity index (χ2n) is 6.73. The number of rotatable bonds is 6. The van der Waals surface area contributed by atoms with E-state index in [0.717, 1.165) is 0 Å². The molecule has 2 aromatic rings. The highest BCUT2D eigenvalue weighted by atomic mass is 35.5. The van der Waals surface area contributed by atoms with Gasteiger partial charge in [-0.3, -0.25) is 0 Å². The molecule has 2 amide bonds. The van der Waals surface area contributed by atoms with E-state index in [-0.39, 0.29) is 25.5 Å². The van der Waals surface area contributed by atoms with E-state index < -0.39 is 18.0 Å². The lowest BCUT2D eigenvalue weighted by molar-refractivity contribution is -0.139. The molecule has 1 atom stereocenters. The number of amides is 2. The second kappa shape index (κ2) is 8.95. The molecule has 2 heterocycles. The molecule has 2 aromatic carbocycles. The van der Waals surface area contributed by atoms with Crippen LogP contribution in [-0.2, 0) is 9.53 Å². The van der Waals surface area contributed by atoms with Crippen LogP contribution in [0.4, 0.5) is 10.5 Å². The summed E-state index contributed by atoms with van der Waals surface area (Å²) < 4.78 is 16.0. The number of anilines is 1. The molecule has 4 rings (SSSR count). The summed E-state index contributed by atoms with van der Waals surface area (Å²) in [4.78, 5) is 25.3. The molecule has 0 saturated heterocycles. The van der Waals surface area contributed by atoms with Crippen LogP contribution in [0.2, 0.25) is 10.0 Å². The number of benzene rings is 2. The van der Waals surface area contributed by atoms with Gasteiger partial charge in [0.1, 0.15) is 0 Å². The Hall–Kier alpha value is -3.10. The fourth-order valence-corrected chi connectivity index (χ4v) is 3.84. The molecular weight excluding hydrogens is 445 g/mol. The van der Waals surface area contributed by atoms with Crippen LogP contribution in [0, 0.1) is 0 Å². The van der Waals surface area contributed by atoms with Crippen molar-refractivity contribution in [3.63, 3.8) is 0 Å². The fourth-order valence-electron chi connectivity index (χ4n) is 3.37. The van der Waals surface area contributed by atoms with Gasteiger partial charge in [0.2, 0.25) is 6.79 Å². The molecular formula is C21H19Cl2N3O5. The van der Waals surface area contributed by atoms with Crippen LogP contribution >= 0.6 is 23.2 Å². The largest absolute Gasteiger partial charge is 0.463 e. The van der Waals surface area contributed by atoms with Crippen LogP contribution in [0.1, 0.15) is 18.5 Å². The lowest BCUT2D eigenvalue weighted by Crippen LogP contribution is -2.47. The van der Waals surface area contributed by atoms with Crippen molar-refractivity contribution < 1.29 is 23.8 Å². The first-order valence-electron chi connectivity index (χ1n) is 9.52. The lowest BCUT2D eigenvalue weighted by Gasteiger charge is -2.29. The van der Waals surface area contributed by atoms with Crippen molar-refractivity contribution in [3.8, 4) is 11.5 Å². The summed E-state index contributed by atoms with van der Waals surface area (Å²) in [6, 6.07) is 9.06. The molecule has 0 saturated carbocycles. The van der Waals surface area contributed by atoms with E-state index in [1.165, 1.54) is 0 Å². The van der Waals surface area contributed by atoms with E-state index in [4.69, 9.17) is 37.4 Å². The van der Waals surface area contributed by atoms with Gasteiger partial charge in [0.05, 0.1) is 41.2 Å². The van der Waals surface area contributed by atoms with Crippen molar-refractivity contribution in [2.24, 2.45) is 0 Å². The fraction of sp³-hybridized carbons (Fsp3) is 0.238. The summed E-state index contributed by atoms with van der Waals surface area (Å²) in [6.45, 7) is 2.15. The first kappa shape index (κ1) is 21.1. The predicted molar refractivity (Wildman–Crippen MR) is 116 cm³/mol. The summed E-state index contributed by atoms with van der Waals surface area (Å²) in [5, 5.41) is 9.53.